The molecular weight excluding hydrogens is 365 g/mol. The van der Waals surface area contributed by atoms with E-state index in [9.17, 15) is 18.0 Å². The Morgan fingerprint density at radius 3 is 2.71 bits per heavy atom. The maximum Gasteiger partial charge on any atom is 0.416 e. The number of anilines is 1. The Kier molecular flexibility index (Phi) is 4.33. The van der Waals surface area contributed by atoms with Crippen molar-refractivity contribution in [2.45, 2.75) is 6.18 Å². The second kappa shape index (κ2) is 6.29. The summed E-state index contributed by atoms with van der Waals surface area (Å²) in [7, 11) is 0. The van der Waals surface area contributed by atoms with Crippen LogP contribution in [0.2, 0.25) is 5.02 Å². The average Bonchev–Trinajstić information content (AvgIpc) is 3.19. The van der Waals surface area contributed by atoms with Crippen molar-refractivity contribution < 1.29 is 22.5 Å². The normalized spacial score (nSPS) is 11.5. The van der Waals surface area contributed by atoms with Crippen LogP contribution in [-0.2, 0) is 6.18 Å². The van der Waals surface area contributed by atoms with Crippen LogP contribution in [0.1, 0.15) is 16.1 Å². The molecule has 1 amide bonds. The highest BCUT2D eigenvalue weighted by atomic mass is 35.5. The molecule has 0 bridgehead atoms. The highest BCUT2D eigenvalue weighted by Crippen LogP contribution is 2.34. The molecule has 0 atom stereocenters. The molecule has 0 aliphatic heterocycles. The van der Waals surface area contributed by atoms with Crippen molar-refractivity contribution in [1.29, 1.82) is 0 Å². The molecule has 1 N–H and O–H groups in total. The third-order valence-electron chi connectivity index (χ3n) is 3.05. The summed E-state index contributed by atoms with van der Waals surface area (Å²) in [4.78, 5) is 12.9. The predicted molar refractivity (Wildman–Crippen MR) is 84.2 cm³/mol. The van der Waals surface area contributed by atoms with Crippen molar-refractivity contribution in [2.24, 2.45) is 0 Å². The van der Waals surface area contributed by atoms with Crippen LogP contribution in [0.3, 0.4) is 0 Å². The smallest absolute Gasteiger partial charge is 0.355 e. The second-order valence-electron chi connectivity index (χ2n) is 4.70. The number of aromatic nitrogens is 1. The monoisotopic (exact) mass is 372 g/mol. The van der Waals surface area contributed by atoms with Gasteiger partial charge in [-0.05, 0) is 29.6 Å². The number of hydrogen-bond acceptors (Lipinski definition) is 4. The molecule has 124 valence electrons. The maximum atomic E-state index is 12.7. The molecule has 24 heavy (non-hydrogen) atoms. The molecule has 9 heteroatoms. The lowest BCUT2D eigenvalue weighted by molar-refractivity contribution is -0.137. The summed E-state index contributed by atoms with van der Waals surface area (Å²) in [6.45, 7) is 0. The van der Waals surface area contributed by atoms with Gasteiger partial charge in [0.25, 0.3) is 5.91 Å². The summed E-state index contributed by atoms with van der Waals surface area (Å²) in [5.74, 6) is -0.326. The first-order valence-electron chi connectivity index (χ1n) is 6.53. The molecule has 0 fully saturated rings. The largest absolute Gasteiger partial charge is 0.416 e. The van der Waals surface area contributed by atoms with Crippen molar-refractivity contribution in [3.8, 4) is 10.6 Å². The average molecular weight is 373 g/mol. The Labute approximate surface area is 142 Å². The summed E-state index contributed by atoms with van der Waals surface area (Å²) in [6.07, 6.45) is -4.54. The summed E-state index contributed by atoms with van der Waals surface area (Å²) in [5.41, 5.74) is -1.13. The maximum absolute atomic E-state index is 12.7. The van der Waals surface area contributed by atoms with Crippen LogP contribution < -0.4 is 5.32 Å². The van der Waals surface area contributed by atoms with E-state index in [1.807, 2.05) is 11.4 Å². The molecular formula is C15H8ClF3N2O2S. The number of halogens is 4. The molecule has 3 aromatic rings. The number of nitrogens with zero attached hydrogens (tertiary/aromatic N) is 1. The van der Waals surface area contributed by atoms with Crippen molar-refractivity contribution in [2.75, 3.05) is 5.32 Å². The van der Waals surface area contributed by atoms with Crippen LogP contribution in [0.5, 0.6) is 0 Å². The minimum absolute atomic E-state index is 0.0154. The van der Waals surface area contributed by atoms with E-state index in [0.29, 0.717) is 5.76 Å². The van der Waals surface area contributed by atoms with Gasteiger partial charge in [0.15, 0.2) is 11.5 Å². The second-order valence-corrected chi connectivity index (χ2v) is 6.06. The fraction of sp³-hybridized carbons (Fsp3) is 0.0667. The number of hydrogen-bond donors (Lipinski definition) is 1. The van der Waals surface area contributed by atoms with E-state index in [0.717, 1.165) is 23.1 Å². The molecule has 0 aliphatic carbocycles. The topological polar surface area (TPSA) is 55.1 Å². The third kappa shape index (κ3) is 3.44. The van der Waals surface area contributed by atoms with Gasteiger partial charge < -0.3 is 9.84 Å². The van der Waals surface area contributed by atoms with E-state index in [4.69, 9.17) is 16.1 Å². The van der Waals surface area contributed by atoms with E-state index < -0.39 is 17.6 Å². The lowest BCUT2D eigenvalue weighted by Crippen LogP contribution is -2.14. The number of rotatable bonds is 3. The molecule has 0 saturated heterocycles. The highest BCUT2D eigenvalue weighted by Gasteiger charge is 2.31. The Hall–Kier alpha value is -2.32. The van der Waals surface area contributed by atoms with Gasteiger partial charge in [-0.15, -0.1) is 11.3 Å². The number of nitrogens with one attached hydrogen (secondary N) is 1. The Balaban J connectivity index is 1.83. The van der Waals surface area contributed by atoms with Gasteiger partial charge >= 0.3 is 6.18 Å². The molecule has 0 unspecified atom stereocenters. The van der Waals surface area contributed by atoms with Crippen molar-refractivity contribution in [3.05, 3.63) is 58.1 Å². The number of amides is 1. The first-order chi connectivity index (χ1) is 11.3. The number of thiophene rings is 1. The molecule has 0 radical (unpaired) electrons. The zero-order chi connectivity index (χ0) is 17.3. The van der Waals surface area contributed by atoms with Crippen molar-refractivity contribution >= 4 is 34.5 Å². The zero-order valence-electron chi connectivity index (χ0n) is 11.7. The molecule has 4 nitrogen and oxygen atoms in total. The molecule has 1 aromatic carbocycles. The molecule has 0 aliphatic rings. The summed E-state index contributed by atoms with van der Waals surface area (Å²) < 4.78 is 43.3. The number of benzene rings is 1. The van der Waals surface area contributed by atoms with Crippen molar-refractivity contribution in [1.82, 2.24) is 5.16 Å². The van der Waals surface area contributed by atoms with E-state index in [2.05, 4.69) is 10.5 Å². The Morgan fingerprint density at radius 1 is 1.25 bits per heavy atom. The molecule has 0 spiro atoms. The summed E-state index contributed by atoms with van der Waals surface area (Å²) >= 11 is 7.24. The van der Waals surface area contributed by atoms with Gasteiger partial charge in [-0.2, -0.15) is 13.2 Å². The first kappa shape index (κ1) is 16.5. The minimum atomic E-state index is -4.54. The molecule has 2 heterocycles. The quantitative estimate of drug-likeness (QED) is 0.676. The number of carbonyl (C=O) groups is 1. The van der Waals surface area contributed by atoms with Crippen LogP contribution in [0.4, 0.5) is 18.9 Å². The SMILES string of the molecule is O=C(Nc1cc(C(F)(F)F)ccc1Cl)c1cc(-c2cccs2)on1. The van der Waals surface area contributed by atoms with Gasteiger partial charge in [-0.25, -0.2) is 0 Å². The summed E-state index contributed by atoms with van der Waals surface area (Å²) in [5, 5.41) is 7.75. The Bertz CT molecular complexity index is 875. The third-order valence-corrected chi connectivity index (χ3v) is 4.26. The van der Waals surface area contributed by atoms with Crippen LogP contribution in [-0.4, -0.2) is 11.1 Å². The van der Waals surface area contributed by atoms with Crippen molar-refractivity contribution in [3.63, 3.8) is 0 Å². The minimum Gasteiger partial charge on any atom is -0.355 e. The van der Waals surface area contributed by atoms with Crippen LogP contribution in [0, 0.1) is 0 Å². The number of alkyl halides is 3. The first-order valence-corrected chi connectivity index (χ1v) is 7.79. The number of carbonyl (C=O) groups excluding carboxylic acids is 1. The fourth-order valence-corrected chi connectivity index (χ4v) is 2.74. The fourth-order valence-electron chi connectivity index (χ4n) is 1.90. The van der Waals surface area contributed by atoms with Crippen LogP contribution >= 0.6 is 22.9 Å². The van der Waals surface area contributed by atoms with E-state index in [-0.39, 0.29) is 16.4 Å². The Morgan fingerprint density at radius 2 is 2.04 bits per heavy atom. The van der Waals surface area contributed by atoms with Gasteiger partial charge in [0.05, 0.1) is 21.2 Å². The molecule has 2 aromatic heterocycles. The zero-order valence-corrected chi connectivity index (χ0v) is 13.3. The van der Waals surface area contributed by atoms with Crippen LogP contribution in [0.25, 0.3) is 10.6 Å². The van der Waals surface area contributed by atoms with Gasteiger partial charge in [0.1, 0.15) is 0 Å². The van der Waals surface area contributed by atoms with E-state index in [1.165, 1.54) is 17.4 Å². The van der Waals surface area contributed by atoms with Gasteiger partial charge in [-0.3, -0.25) is 4.79 Å². The van der Waals surface area contributed by atoms with Crippen LogP contribution in [0.15, 0.2) is 46.3 Å². The lowest BCUT2D eigenvalue weighted by Gasteiger charge is -2.10. The predicted octanol–water partition coefficient (Wildman–Crippen LogP) is 5.33. The van der Waals surface area contributed by atoms with Gasteiger partial charge in [0.2, 0.25) is 0 Å². The highest BCUT2D eigenvalue weighted by molar-refractivity contribution is 7.13. The standard InChI is InChI=1S/C15H8ClF3N2O2S/c16-9-4-3-8(15(17,18)19)6-10(9)20-14(22)11-7-12(23-21-11)13-2-1-5-24-13/h1-7H,(H,20,22). The van der Waals surface area contributed by atoms with E-state index in [1.54, 1.807) is 6.07 Å². The summed E-state index contributed by atoms with van der Waals surface area (Å²) in [6, 6.07) is 7.67. The lowest BCUT2D eigenvalue weighted by atomic mass is 10.2. The van der Waals surface area contributed by atoms with Gasteiger partial charge in [-0.1, -0.05) is 22.8 Å². The van der Waals surface area contributed by atoms with Gasteiger partial charge in [0, 0.05) is 6.07 Å². The molecule has 3 rings (SSSR count). The molecule has 0 saturated carbocycles. The van der Waals surface area contributed by atoms with E-state index >= 15 is 0 Å².